The molecule has 0 saturated carbocycles. The van der Waals surface area contributed by atoms with Crippen molar-refractivity contribution in [2.24, 2.45) is 5.84 Å². The topological polar surface area (TPSA) is 98.5 Å². The Hall–Kier alpha value is -1.41. The number of ether oxygens (including phenoxy) is 2. The summed E-state index contributed by atoms with van der Waals surface area (Å²) in [5.74, 6) is 5.34. The molecule has 0 saturated heterocycles. The zero-order valence-electron chi connectivity index (χ0n) is 12.0. The van der Waals surface area contributed by atoms with E-state index in [4.69, 9.17) is 26.9 Å². The van der Waals surface area contributed by atoms with Crippen LogP contribution in [0.15, 0.2) is 12.3 Å². The molecule has 0 atom stereocenters. The molecule has 21 heavy (non-hydrogen) atoms. The van der Waals surface area contributed by atoms with Gasteiger partial charge in [0.15, 0.2) is 5.82 Å². The van der Waals surface area contributed by atoms with E-state index >= 15 is 0 Å². The van der Waals surface area contributed by atoms with Crippen LogP contribution in [-0.4, -0.2) is 44.4 Å². The summed E-state index contributed by atoms with van der Waals surface area (Å²) in [6, 6.07) is 1.52. The number of hydrazine groups is 1. The van der Waals surface area contributed by atoms with Gasteiger partial charge in [-0.3, -0.25) is 4.79 Å². The summed E-state index contributed by atoms with van der Waals surface area (Å²) in [5, 5.41) is 3.10. The number of methoxy groups -OCH3 is 1. The lowest BCUT2D eigenvalue weighted by Gasteiger charge is -2.07. The first kappa shape index (κ1) is 17.6. The largest absolute Gasteiger partial charge is 0.382 e. The summed E-state index contributed by atoms with van der Waals surface area (Å²) in [6.07, 6.45) is 3.13. The van der Waals surface area contributed by atoms with Crippen LogP contribution in [0.1, 0.15) is 23.2 Å². The van der Waals surface area contributed by atoms with Crippen LogP contribution < -0.4 is 16.6 Å². The number of nitrogens with one attached hydrogen (secondary N) is 2. The van der Waals surface area contributed by atoms with E-state index in [2.05, 4.69) is 15.7 Å². The Balaban J connectivity index is 2.20. The lowest BCUT2D eigenvalue weighted by Crippen LogP contribution is -2.25. The number of rotatable bonds is 10. The van der Waals surface area contributed by atoms with Crippen LogP contribution in [0.25, 0.3) is 0 Å². The predicted octanol–water partition coefficient (Wildman–Crippen LogP) is 1.19. The first-order valence-electron chi connectivity index (χ1n) is 6.66. The second-order valence-corrected chi connectivity index (χ2v) is 4.67. The van der Waals surface area contributed by atoms with Crippen LogP contribution in [-0.2, 0) is 9.47 Å². The number of hydrogen-bond donors (Lipinski definition) is 3. The summed E-state index contributed by atoms with van der Waals surface area (Å²) in [6.45, 7) is 2.41. The van der Waals surface area contributed by atoms with Gasteiger partial charge in [0, 0.05) is 26.5 Å². The molecule has 0 aliphatic carbocycles. The van der Waals surface area contributed by atoms with Gasteiger partial charge >= 0.3 is 0 Å². The fourth-order valence-electron chi connectivity index (χ4n) is 1.55. The number of amides is 1. The third-order valence-corrected chi connectivity index (χ3v) is 2.96. The molecule has 0 aliphatic rings. The van der Waals surface area contributed by atoms with Gasteiger partial charge in [-0.25, -0.2) is 10.8 Å². The van der Waals surface area contributed by atoms with Crippen LogP contribution >= 0.6 is 11.6 Å². The highest BCUT2D eigenvalue weighted by Crippen LogP contribution is 2.18. The summed E-state index contributed by atoms with van der Waals surface area (Å²) in [4.78, 5) is 15.8. The van der Waals surface area contributed by atoms with Gasteiger partial charge in [-0.2, -0.15) is 0 Å². The van der Waals surface area contributed by atoms with Crippen molar-refractivity contribution in [2.45, 2.75) is 12.8 Å². The van der Waals surface area contributed by atoms with E-state index in [9.17, 15) is 4.79 Å². The average molecular weight is 317 g/mol. The molecule has 0 aromatic carbocycles. The van der Waals surface area contributed by atoms with E-state index in [0.29, 0.717) is 42.8 Å². The molecule has 1 heterocycles. The normalized spacial score (nSPS) is 10.4. The van der Waals surface area contributed by atoms with Gasteiger partial charge in [0.1, 0.15) is 0 Å². The zero-order chi connectivity index (χ0) is 15.5. The summed E-state index contributed by atoms with van der Waals surface area (Å²) >= 11 is 5.91. The second kappa shape index (κ2) is 10.3. The molecular formula is C13H21ClN4O3. The van der Waals surface area contributed by atoms with Crippen molar-refractivity contribution < 1.29 is 14.3 Å². The van der Waals surface area contributed by atoms with E-state index in [1.54, 1.807) is 7.11 Å². The number of halogens is 1. The highest BCUT2D eigenvalue weighted by molar-refractivity contribution is 6.33. The fourth-order valence-corrected chi connectivity index (χ4v) is 1.77. The molecule has 4 N–H and O–H groups in total. The van der Waals surface area contributed by atoms with Crippen LogP contribution in [0, 0.1) is 0 Å². The molecule has 7 nitrogen and oxygen atoms in total. The monoisotopic (exact) mass is 316 g/mol. The number of anilines is 1. The van der Waals surface area contributed by atoms with Gasteiger partial charge in [-0.15, -0.1) is 0 Å². The average Bonchev–Trinajstić information content (AvgIpc) is 2.49. The highest BCUT2D eigenvalue weighted by atomic mass is 35.5. The van der Waals surface area contributed by atoms with Crippen LogP contribution in [0.2, 0.25) is 5.02 Å². The third-order valence-electron chi connectivity index (χ3n) is 2.67. The van der Waals surface area contributed by atoms with Crippen molar-refractivity contribution in [1.29, 1.82) is 0 Å². The molecule has 1 aromatic rings. The van der Waals surface area contributed by atoms with Gasteiger partial charge in [0.05, 0.1) is 23.8 Å². The van der Waals surface area contributed by atoms with Crippen molar-refractivity contribution in [2.75, 3.05) is 38.9 Å². The Bertz CT molecular complexity index is 445. The molecule has 0 fully saturated rings. The Labute approximate surface area is 129 Å². The molecule has 0 bridgehead atoms. The van der Waals surface area contributed by atoms with Crippen LogP contribution in [0.3, 0.4) is 0 Å². The van der Waals surface area contributed by atoms with Crippen LogP contribution in [0.4, 0.5) is 5.82 Å². The second-order valence-electron chi connectivity index (χ2n) is 4.27. The SMILES string of the molecule is COCCOCCCCNC(=O)c1cnc(NN)c(Cl)c1. The molecule has 0 radical (unpaired) electrons. The Morgan fingerprint density at radius 3 is 2.86 bits per heavy atom. The number of pyridine rings is 1. The predicted molar refractivity (Wildman–Crippen MR) is 81.3 cm³/mol. The minimum atomic E-state index is -0.215. The molecule has 1 amide bonds. The molecule has 118 valence electrons. The number of nitrogens with two attached hydrogens (primary N) is 1. The van der Waals surface area contributed by atoms with Crippen molar-refractivity contribution >= 4 is 23.3 Å². The molecule has 0 aliphatic heterocycles. The standard InChI is InChI=1S/C13H21ClN4O3/c1-20-6-7-21-5-3-2-4-16-13(19)10-8-11(14)12(18-15)17-9-10/h8-9H,2-7,15H2,1H3,(H,16,19)(H,17,18). The number of unbranched alkanes of at least 4 members (excludes halogenated alkanes) is 1. The number of carbonyl (C=O) groups is 1. The number of carbonyl (C=O) groups excluding carboxylic acids is 1. The van der Waals surface area contributed by atoms with Crippen molar-refractivity contribution in [3.63, 3.8) is 0 Å². The number of nitrogens with zero attached hydrogens (tertiary/aromatic N) is 1. The maximum atomic E-state index is 11.9. The highest BCUT2D eigenvalue weighted by Gasteiger charge is 2.08. The summed E-state index contributed by atoms with van der Waals surface area (Å²) < 4.78 is 10.2. The third kappa shape index (κ3) is 6.72. The maximum absolute atomic E-state index is 11.9. The Morgan fingerprint density at radius 1 is 1.38 bits per heavy atom. The van der Waals surface area contributed by atoms with Crippen molar-refractivity contribution in [3.8, 4) is 0 Å². The van der Waals surface area contributed by atoms with Gasteiger partial charge < -0.3 is 20.2 Å². The number of nitrogen functional groups attached to an aromatic ring is 1. The van der Waals surface area contributed by atoms with E-state index in [1.165, 1.54) is 12.3 Å². The van der Waals surface area contributed by atoms with Gasteiger partial charge in [0.2, 0.25) is 0 Å². The van der Waals surface area contributed by atoms with Crippen molar-refractivity contribution in [1.82, 2.24) is 10.3 Å². The molecule has 1 aromatic heterocycles. The molecule has 0 spiro atoms. The minimum Gasteiger partial charge on any atom is -0.382 e. The number of aromatic nitrogens is 1. The molecular weight excluding hydrogens is 296 g/mol. The Morgan fingerprint density at radius 2 is 2.19 bits per heavy atom. The van der Waals surface area contributed by atoms with E-state index < -0.39 is 0 Å². The van der Waals surface area contributed by atoms with Crippen LogP contribution in [0.5, 0.6) is 0 Å². The summed E-state index contributed by atoms with van der Waals surface area (Å²) in [5.41, 5.74) is 2.74. The van der Waals surface area contributed by atoms with Gasteiger partial charge in [0.25, 0.3) is 5.91 Å². The Kier molecular flexibility index (Phi) is 8.68. The van der Waals surface area contributed by atoms with E-state index in [0.717, 1.165) is 12.8 Å². The quantitative estimate of drug-likeness (QED) is 0.341. The number of hydrogen-bond acceptors (Lipinski definition) is 6. The maximum Gasteiger partial charge on any atom is 0.252 e. The zero-order valence-corrected chi connectivity index (χ0v) is 12.8. The lowest BCUT2D eigenvalue weighted by molar-refractivity contribution is 0.0686. The smallest absolute Gasteiger partial charge is 0.252 e. The van der Waals surface area contributed by atoms with E-state index in [-0.39, 0.29) is 5.91 Å². The molecule has 8 heteroatoms. The first-order valence-corrected chi connectivity index (χ1v) is 7.04. The minimum absolute atomic E-state index is 0.215. The van der Waals surface area contributed by atoms with Gasteiger partial charge in [-0.1, -0.05) is 11.6 Å². The first-order chi connectivity index (χ1) is 10.2. The van der Waals surface area contributed by atoms with E-state index in [1.807, 2.05) is 0 Å². The summed E-state index contributed by atoms with van der Waals surface area (Å²) in [7, 11) is 1.64. The van der Waals surface area contributed by atoms with Gasteiger partial charge in [-0.05, 0) is 18.9 Å². The van der Waals surface area contributed by atoms with Crippen molar-refractivity contribution in [3.05, 3.63) is 22.8 Å². The lowest BCUT2D eigenvalue weighted by atomic mass is 10.2. The fraction of sp³-hybridized carbons (Fsp3) is 0.538. The molecule has 0 unspecified atom stereocenters. The molecule has 1 rings (SSSR count).